The highest BCUT2D eigenvalue weighted by molar-refractivity contribution is 7.98. The summed E-state index contributed by atoms with van der Waals surface area (Å²) in [6.45, 7) is -0.879. The summed E-state index contributed by atoms with van der Waals surface area (Å²) in [4.78, 5) is 40.2. The Morgan fingerprint density at radius 1 is 1.26 bits per heavy atom. The zero-order valence-electron chi connectivity index (χ0n) is 17.2. The van der Waals surface area contributed by atoms with Crippen LogP contribution in [-0.2, 0) is 27.3 Å². The lowest BCUT2D eigenvalue weighted by molar-refractivity contribution is -0.0478. The molecule has 3 heterocycles. The topological polar surface area (TPSA) is 250 Å². The smallest absolute Gasteiger partial charge is 0.383 e. The van der Waals surface area contributed by atoms with E-state index in [1.54, 1.807) is 6.26 Å². The van der Waals surface area contributed by atoms with E-state index in [4.69, 9.17) is 55.5 Å². The molecule has 23 heteroatoms. The fourth-order valence-corrected chi connectivity index (χ4v) is 7.60. The van der Waals surface area contributed by atoms with Crippen LogP contribution in [0.2, 0.25) is 0 Å². The first-order valence-corrected chi connectivity index (χ1v) is 15.8. The van der Waals surface area contributed by atoms with Crippen LogP contribution in [0.3, 0.4) is 0 Å². The number of nitrogens with zero attached hydrogens (tertiary/aromatic N) is 4. The summed E-state index contributed by atoms with van der Waals surface area (Å²) in [6, 6.07) is 0. The molecule has 1 aliphatic rings. The second-order valence-corrected chi connectivity index (χ2v) is 15.9. The van der Waals surface area contributed by atoms with Crippen LogP contribution in [-0.4, -0.2) is 87.0 Å². The molecule has 1 fully saturated rings. The molecular weight excluding hydrogens is 597 g/mol. The third kappa shape index (κ3) is 5.76. The number of anilines is 1. The number of rotatable bonds is 9. The standard InChI is InChI=1S/C12H17BCl2N5O11P3S/c1-35-11-18-8(16)5-9(19-11)20(3-17-5)10-7(22)6(21)4(30-10)2-29-34(13,28)31-33(26,27)12(14,15)32(23,24)25/h3-4,6-7,10,21-22H,2H2,1H3,(H,26,27)(H2,16,18,19)(H2,23,24,25). The number of fused-ring (bicyclic) bond motifs is 1. The fraction of sp³-hybridized carbons (Fsp3) is 0.583. The van der Waals surface area contributed by atoms with Gasteiger partial charge in [-0.1, -0.05) is 35.0 Å². The number of aliphatic hydroxyl groups is 2. The second kappa shape index (κ2) is 10.1. The third-order valence-electron chi connectivity index (χ3n) is 4.56. The van der Waals surface area contributed by atoms with Crippen LogP contribution >= 0.6 is 57.6 Å². The lowest BCUT2D eigenvalue weighted by Crippen LogP contribution is -2.33. The minimum absolute atomic E-state index is 0.0608. The van der Waals surface area contributed by atoms with Gasteiger partial charge in [0.05, 0.1) is 12.9 Å². The third-order valence-corrected chi connectivity index (χ3v) is 12.9. The van der Waals surface area contributed by atoms with Crippen molar-refractivity contribution < 1.29 is 52.2 Å². The Morgan fingerprint density at radius 3 is 2.46 bits per heavy atom. The van der Waals surface area contributed by atoms with Crippen LogP contribution in [0.25, 0.3) is 11.2 Å². The highest BCUT2D eigenvalue weighted by Crippen LogP contribution is 2.79. The van der Waals surface area contributed by atoms with E-state index in [-0.39, 0.29) is 17.0 Å². The quantitative estimate of drug-likeness (QED) is 0.0740. The van der Waals surface area contributed by atoms with Crippen molar-refractivity contribution in [1.29, 1.82) is 0 Å². The maximum Gasteiger partial charge on any atom is 0.383 e. The van der Waals surface area contributed by atoms with Gasteiger partial charge in [0.2, 0.25) is 7.57 Å². The Bertz CT molecular complexity index is 1270. The minimum Gasteiger partial charge on any atom is -0.387 e. The summed E-state index contributed by atoms with van der Waals surface area (Å²) in [5, 5.41) is 21.1. The van der Waals surface area contributed by atoms with E-state index < -0.39 is 57.6 Å². The van der Waals surface area contributed by atoms with Crippen molar-refractivity contribution in [2.75, 3.05) is 18.6 Å². The van der Waals surface area contributed by atoms with Gasteiger partial charge in [0, 0.05) is 0 Å². The van der Waals surface area contributed by atoms with Gasteiger partial charge in [0.1, 0.15) is 23.8 Å². The Labute approximate surface area is 212 Å². The van der Waals surface area contributed by atoms with Crippen molar-refractivity contribution in [2.45, 2.75) is 33.5 Å². The highest BCUT2D eigenvalue weighted by Gasteiger charge is 2.62. The van der Waals surface area contributed by atoms with Crippen LogP contribution in [0.5, 0.6) is 0 Å². The average Bonchev–Trinajstić information content (AvgIpc) is 3.26. The number of aromatic nitrogens is 4. The highest BCUT2D eigenvalue weighted by atomic mass is 35.5. The van der Waals surface area contributed by atoms with E-state index in [1.807, 2.05) is 0 Å². The van der Waals surface area contributed by atoms with Gasteiger partial charge >= 0.3 is 19.0 Å². The van der Waals surface area contributed by atoms with Gasteiger partial charge in [-0.05, 0) is 6.26 Å². The number of aliphatic hydroxyl groups excluding tert-OH is 2. The summed E-state index contributed by atoms with van der Waals surface area (Å²) in [6.07, 6.45) is -3.04. The molecule has 6 atom stereocenters. The van der Waals surface area contributed by atoms with Crippen molar-refractivity contribution in [1.82, 2.24) is 19.5 Å². The van der Waals surface area contributed by atoms with Gasteiger partial charge in [0.25, 0.3) is 7.47 Å². The van der Waals surface area contributed by atoms with Gasteiger partial charge < -0.3 is 39.9 Å². The molecule has 2 radical (unpaired) electrons. The number of alkyl halides is 2. The molecule has 0 aliphatic carbocycles. The molecular formula is C12H17BCl2N5O11P3S. The minimum atomic E-state index is -5.76. The molecule has 16 nitrogen and oxygen atoms in total. The first-order chi connectivity index (χ1) is 15.9. The maximum absolute atomic E-state index is 12.3. The van der Waals surface area contributed by atoms with Crippen LogP contribution in [0.15, 0.2) is 11.5 Å². The van der Waals surface area contributed by atoms with Crippen molar-refractivity contribution >= 4 is 82.2 Å². The zero-order valence-corrected chi connectivity index (χ0v) is 22.2. The predicted octanol–water partition coefficient (Wildman–Crippen LogP) is 0.511. The molecule has 1 saturated heterocycles. The second-order valence-electron chi connectivity index (χ2n) is 6.96. The molecule has 194 valence electrons. The van der Waals surface area contributed by atoms with E-state index in [1.165, 1.54) is 22.7 Å². The summed E-state index contributed by atoms with van der Waals surface area (Å²) in [5.41, 5.74) is 6.22. The van der Waals surface area contributed by atoms with E-state index in [0.29, 0.717) is 5.16 Å². The lowest BCUT2D eigenvalue weighted by Gasteiger charge is -2.28. The maximum atomic E-state index is 12.3. The molecule has 35 heavy (non-hydrogen) atoms. The monoisotopic (exact) mass is 613 g/mol. The van der Waals surface area contributed by atoms with Crippen molar-refractivity contribution in [2.24, 2.45) is 0 Å². The number of halogens is 2. The Kier molecular flexibility index (Phi) is 8.46. The molecule has 0 saturated carbocycles. The lowest BCUT2D eigenvalue weighted by atomic mass is 10.1. The number of hydrogen-bond donors (Lipinski definition) is 6. The Hall–Kier alpha value is -0.285. The fourth-order valence-electron chi connectivity index (χ4n) is 2.86. The first-order valence-electron chi connectivity index (χ1n) is 8.98. The van der Waals surface area contributed by atoms with Gasteiger partial charge in [-0.2, -0.15) is 0 Å². The summed E-state index contributed by atoms with van der Waals surface area (Å²) >= 11 is 11.7. The molecule has 6 unspecified atom stereocenters. The van der Waals surface area contributed by atoms with E-state index in [0.717, 1.165) is 0 Å². The normalized spacial score (nSPS) is 27.1. The van der Waals surface area contributed by atoms with Gasteiger partial charge in [-0.15, -0.1) is 0 Å². The molecule has 0 spiro atoms. The summed E-state index contributed by atoms with van der Waals surface area (Å²) in [5.74, 6) is 0.0608. The summed E-state index contributed by atoms with van der Waals surface area (Å²) in [7, 11) is -11.3. The van der Waals surface area contributed by atoms with E-state index in [2.05, 4.69) is 19.3 Å². The number of nitrogen functional groups attached to an aromatic ring is 1. The number of nitrogens with two attached hydrogens (primary N) is 1. The number of imidazole rings is 1. The van der Waals surface area contributed by atoms with Gasteiger partial charge in [0.15, 0.2) is 22.8 Å². The zero-order chi connectivity index (χ0) is 26.6. The van der Waals surface area contributed by atoms with Gasteiger partial charge in [-0.25, -0.2) is 19.3 Å². The van der Waals surface area contributed by atoms with Crippen LogP contribution in [0.1, 0.15) is 6.23 Å². The van der Waals surface area contributed by atoms with Crippen molar-refractivity contribution in [3.63, 3.8) is 0 Å². The Morgan fingerprint density at radius 2 is 1.89 bits per heavy atom. The number of thioether (sulfide) groups is 1. The molecule has 1 aliphatic heterocycles. The first kappa shape index (κ1) is 29.3. The SMILES string of the molecule is [B]P(=O)(OCC1OC(n2cnc3c(N)nc(SC)nc32)C(O)C1O)OP(=O)(O)C(Cl)(Cl)P(=O)(O)O. The van der Waals surface area contributed by atoms with Crippen LogP contribution in [0.4, 0.5) is 5.82 Å². The molecule has 2 aromatic heterocycles. The van der Waals surface area contributed by atoms with Gasteiger partial charge in [-0.3, -0.25) is 18.3 Å². The number of hydrogen-bond acceptors (Lipinski definition) is 13. The van der Waals surface area contributed by atoms with Crippen molar-refractivity contribution in [3.8, 4) is 0 Å². The van der Waals surface area contributed by atoms with Crippen LogP contribution in [0, 0.1) is 0 Å². The molecule has 7 N–H and O–H groups in total. The average molecular weight is 614 g/mol. The van der Waals surface area contributed by atoms with E-state index >= 15 is 0 Å². The Balaban J connectivity index is 1.76. The predicted molar refractivity (Wildman–Crippen MR) is 124 cm³/mol. The molecule has 3 rings (SSSR count). The molecule has 0 amide bonds. The molecule has 0 bridgehead atoms. The van der Waals surface area contributed by atoms with Crippen molar-refractivity contribution in [3.05, 3.63) is 6.33 Å². The van der Waals surface area contributed by atoms with Crippen LogP contribution < -0.4 is 5.73 Å². The number of ether oxygens (including phenoxy) is 1. The van der Waals surface area contributed by atoms with E-state index in [9.17, 15) is 28.8 Å². The largest absolute Gasteiger partial charge is 0.387 e. The molecule has 2 aromatic rings. The summed E-state index contributed by atoms with van der Waals surface area (Å²) < 4.78 is 47.7. The molecule has 0 aromatic carbocycles.